The number of hydrogen-bond donors (Lipinski definition) is 2. The normalized spacial score (nSPS) is 11.8. The van der Waals surface area contributed by atoms with Crippen LogP contribution in [0.2, 0.25) is 0 Å². The number of carbonyl (C=O) groups is 2. The van der Waals surface area contributed by atoms with Crippen LogP contribution in [-0.2, 0) is 22.4 Å². The highest BCUT2D eigenvalue weighted by Gasteiger charge is 2.25. The zero-order chi connectivity index (χ0) is 21.6. The lowest BCUT2D eigenvalue weighted by Gasteiger charge is -2.25. The number of nitrogens with one attached hydrogen (secondary N) is 2. The molecule has 1 atom stereocenters. The van der Waals surface area contributed by atoms with Crippen molar-refractivity contribution in [3.63, 3.8) is 0 Å². The van der Waals surface area contributed by atoms with Crippen LogP contribution in [0.5, 0.6) is 0 Å². The molecule has 0 saturated heterocycles. The molecule has 0 aliphatic heterocycles. The number of para-hydroxylation sites is 2. The van der Waals surface area contributed by atoms with Crippen molar-refractivity contribution in [3.05, 3.63) is 102 Å². The Morgan fingerprint density at radius 3 is 2.29 bits per heavy atom. The molecule has 5 heteroatoms. The molecule has 4 aromatic rings. The summed E-state index contributed by atoms with van der Waals surface area (Å²) in [5.41, 5.74) is 3.69. The quantitative estimate of drug-likeness (QED) is 0.481. The van der Waals surface area contributed by atoms with E-state index in [1.165, 1.54) is 0 Å². The van der Waals surface area contributed by atoms with Crippen molar-refractivity contribution in [2.24, 2.45) is 0 Å². The van der Waals surface area contributed by atoms with E-state index in [9.17, 15) is 9.59 Å². The maximum atomic E-state index is 13.3. The molecule has 1 heterocycles. The van der Waals surface area contributed by atoms with Crippen LogP contribution >= 0.6 is 0 Å². The van der Waals surface area contributed by atoms with Gasteiger partial charge in [-0.2, -0.15) is 0 Å². The Morgan fingerprint density at radius 2 is 1.55 bits per heavy atom. The van der Waals surface area contributed by atoms with Crippen molar-refractivity contribution in [1.82, 2.24) is 10.3 Å². The Labute approximate surface area is 181 Å². The van der Waals surface area contributed by atoms with Crippen molar-refractivity contribution in [1.29, 1.82) is 0 Å². The van der Waals surface area contributed by atoms with E-state index < -0.39 is 6.04 Å². The first-order chi connectivity index (χ1) is 15.1. The van der Waals surface area contributed by atoms with E-state index in [1.54, 1.807) is 11.9 Å². The highest BCUT2D eigenvalue weighted by molar-refractivity contribution is 5.99. The lowest BCUT2D eigenvalue weighted by molar-refractivity contribution is -0.127. The predicted octanol–water partition coefficient (Wildman–Crippen LogP) is 4.10. The second-order valence-electron chi connectivity index (χ2n) is 7.58. The van der Waals surface area contributed by atoms with Gasteiger partial charge in [-0.15, -0.1) is 0 Å². The summed E-state index contributed by atoms with van der Waals surface area (Å²) >= 11 is 0. The molecule has 156 valence electrons. The van der Waals surface area contributed by atoms with Crippen LogP contribution in [0.15, 0.2) is 91.1 Å². The highest BCUT2D eigenvalue weighted by atomic mass is 16.2. The average molecular weight is 412 g/mol. The minimum Gasteiger partial charge on any atom is -0.361 e. The smallest absolute Gasteiger partial charge is 0.249 e. The van der Waals surface area contributed by atoms with Crippen molar-refractivity contribution < 1.29 is 9.59 Å². The Morgan fingerprint density at radius 1 is 0.903 bits per heavy atom. The summed E-state index contributed by atoms with van der Waals surface area (Å²) in [6.07, 6.45) is 2.49. The van der Waals surface area contributed by atoms with Crippen LogP contribution in [0, 0.1) is 0 Å². The van der Waals surface area contributed by atoms with Gasteiger partial charge in [0.1, 0.15) is 6.04 Å². The molecular weight excluding hydrogens is 386 g/mol. The van der Waals surface area contributed by atoms with Crippen molar-refractivity contribution >= 4 is 28.4 Å². The molecule has 2 N–H and O–H groups in total. The summed E-state index contributed by atoms with van der Waals surface area (Å²) in [4.78, 5) is 31.0. The Kier molecular flexibility index (Phi) is 6.13. The topological polar surface area (TPSA) is 65.2 Å². The number of rotatable bonds is 7. The van der Waals surface area contributed by atoms with E-state index in [-0.39, 0.29) is 18.2 Å². The van der Waals surface area contributed by atoms with Crippen molar-refractivity contribution in [2.75, 3.05) is 11.9 Å². The van der Waals surface area contributed by atoms with E-state index in [0.29, 0.717) is 6.42 Å². The number of hydrogen-bond acceptors (Lipinski definition) is 2. The zero-order valence-corrected chi connectivity index (χ0v) is 17.4. The third kappa shape index (κ3) is 4.83. The van der Waals surface area contributed by atoms with Gasteiger partial charge in [-0.1, -0.05) is 66.7 Å². The van der Waals surface area contributed by atoms with Gasteiger partial charge in [0.2, 0.25) is 11.8 Å². The van der Waals surface area contributed by atoms with Crippen LogP contribution in [0.25, 0.3) is 10.9 Å². The summed E-state index contributed by atoms with van der Waals surface area (Å²) in [5.74, 6) is -0.331. The minimum atomic E-state index is -0.662. The molecule has 0 spiro atoms. The number of fused-ring (bicyclic) bond motifs is 1. The molecule has 0 aliphatic carbocycles. The highest BCUT2D eigenvalue weighted by Crippen LogP contribution is 2.19. The molecule has 0 fully saturated rings. The molecule has 31 heavy (non-hydrogen) atoms. The van der Waals surface area contributed by atoms with E-state index in [0.717, 1.165) is 27.7 Å². The summed E-state index contributed by atoms with van der Waals surface area (Å²) in [5, 5.41) is 3.99. The van der Waals surface area contributed by atoms with E-state index >= 15 is 0 Å². The number of anilines is 1. The summed E-state index contributed by atoms with van der Waals surface area (Å²) in [7, 11) is 1.74. The maximum Gasteiger partial charge on any atom is 0.249 e. The summed E-state index contributed by atoms with van der Waals surface area (Å²) < 4.78 is 0. The molecule has 5 nitrogen and oxygen atoms in total. The van der Waals surface area contributed by atoms with Gasteiger partial charge in [-0.3, -0.25) is 9.59 Å². The maximum absolute atomic E-state index is 13.3. The molecule has 0 saturated carbocycles. The van der Waals surface area contributed by atoms with Gasteiger partial charge in [0.15, 0.2) is 0 Å². The van der Waals surface area contributed by atoms with Gasteiger partial charge < -0.3 is 15.2 Å². The SMILES string of the molecule is CN(C(=O)[C@H](Cc1ccccc1)NC(=O)Cc1c[nH]c2ccccc12)c1ccccc1. The average Bonchev–Trinajstić information content (AvgIpc) is 3.21. The molecule has 1 aromatic heterocycles. The Hall–Kier alpha value is -3.86. The van der Waals surface area contributed by atoms with Gasteiger partial charge in [0.05, 0.1) is 6.42 Å². The second-order valence-corrected chi connectivity index (χ2v) is 7.58. The van der Waals surface area contributed by atoms with Crippen LogP contribution in [-0.4, -0.2) is 29.9 Å². The third-order valence-corrected chi connectivity index (χ3v) is 5.42. The van der Waals surface area contributed by atoms with Gasteiger partial charge in [-0.05, 0) is 29.3 Å². The zero-order valence-electron chi connectivity index (χ0n) is 17.4. The lowest BCUT2D eigenvalue weighted by Crippen LogP contribution is -2.49. The van der Waals surface area contributed by atoms with Gasteiger partial charge in [0, 0.05) is 36.3 Å². The van der Waals surface area contributed by atoms with Gasteiger partial charge in [-0.25, -0.2) is 0 Å². The fourth-order valence-corrected chi connectivity index (χ4v) is 3.76. The molecule has 0 bridgehead atoms. The fourth-order valence-electron chi connectivity index (χ4n) is 3.76. The van der Waals surface area contributed by atoms with Crippen molar-refractivity contribution in [3.8, 4) is 0 Å². The minimum absolute atomic E-state index is 0.151. The largest absolute Gasteiger partial charge is 0.361 e. The summed E-state index contributed by atoms with van der Waals surface area (Å²) in [6, 6.07) is 26.4. The standard InChI is InChI=1S/C26H25N3O2/c1-29(21-12-6-3-7-13-21)26(31)24(16-19-10-4-2-5-11-19)28-25(30)17-20-18-27-23-15-9-8-14-22(20)23/h2-15,18,24,27H,16-17H2,1H3,(H,28,30)/t24-/m0/s1. The number of H-pyrrole nitrogens is 1. The van der Waals surface area contributed by atoms with Crippen LogP contribution in [0.3, 0.4) is 0 Å². The number of likely N-dealkylation sites (N-methyl/N-ethyl adjacent to an activating group) is 1. The predicted molar refractivity (Wildman–Crippen MR) is 124 cm³/mol. The first-order valence-electron chi connectivity index (χ1n) is 10.3. The first kappa shape index (κ1) is 20.4. The molecule has 0 radical (unpaired) electrons. The van der Waals surface area contributed by atoms with Gasteiger partial charge >= 0.3 is 0 Å². The summed E-state index contributed by atoms with van der Waals surface area (Å²) in [6.45, 7) is 0. The molecule has 0 aliphatic rings. The Balaban J connectivity index is 1.53. The first-order valence-corrected chi connectivity index (χ1v) is 10.3. The van der Waals surface area contributed by atoms with E-state index in [4.69, 9.17) is 0 Å². The second kappa shape index (κ2) is 9.30. The van der Waals surface area contributed by atoms with Crippen molar-refractivity contribution in [2.45, 2.75) is 18.9 Å². The molecular formula is C26H25N3O2. The molecule has 4 rings (SSSR count). The number of aromatic nitrogens is 1. The Bertz CT molecular complexity index is 1170. The third-order valence-electron chi connectivity index (χ3n) is 5.42. The number of amides is 2. The van der Waals surface area contributed by atoms with Gasteiger partial charge in [0.25, 0.3) is 0 Å². The number of carbonyl (C=O) groups excluding carboxylic acids is 2. The van der Waals surface area contributed by atoms with Crippen LogP contribution < -0.4 is 10.2 Å². The monoisotopic (exact) mass is 411 g/mol. The lowest BCUT2D eigenvalue weighted by atomic mass is 10.0. The van der Waals surface area contributed by atoms with E-state index in [2.05, 4.69) is 10.3 Å². The van der Waals surface area contributed by atoms with Crippen LogP contribution in [0.1, 0.15) is 11.1 Å². The number of aromatic amines is 1. The van der Waals surface area contributed by atoms with Crippen LogP contribution in [0.4, 0.5) is 5.69 Å². The molecule has 3 aromatic carbocycles. The fraction of sp³-hybridized carbons (Fsp3) is 0.154. The number of nitrogens with zero attached hydrogens (tertiary/aromatic N) is 1. The molecule has 2 amide bonds. The van der Waals surface area contributed by atoms with E-state index in [1.807, 2.05) is 91.1 Å². The molecule has 0 unspecified atom stereocenters. The number of benzene rings is 3.